The van der Waals surface area contributed by atoms with Crippen molar-refractivity contribution in [3.05, 3.63) is 29.3 Å². The fourth-order valence-corrected chi connectivity index (χ4v) is 3.76. The fourth-order valence-electron chi connectivity index (χ4n) is 3.07. The van der Waals surface area contributed by atoms with Gasteiger partial charge in [0.25, 0.3) is 0 Å². The summed E-state index contributed by atoms with van der Waals surface area (Å²) in [6.45, 7) is 6.31. The molecular weight excluding hydrogens is 362 g/mol. The molecule has 0 radical (unpaired) electrons. The molecule has 140 valence electrons. The molecule has 0 spiro atoms. The Bertz CT molecular complexity index is 989. The van der Waals surface area contributed by atoms with E-state index in [1.807, 2.05) is 36.1 Å². The van der Waals surface area contributed by atoms with E-state index in [0.29, 0.717) is 24.9 Å². The van der Waals surface area contributed by atoms with Crippen LogP contribution in [0.2, 0.25) is 0 Å². The predicted octanol–water partition coefficient (Wildman–Crippen LogP) is 2.62. The molecule has 1 saturated heterocycles. The van der Waals surface area contributed by atoms with Gasteiger partial charge in [0.05, 0.1) is 5.52 Å². The summed E-state index contributed by atoms with van der Waals surface area (Å²) in [6.07, 6.45) is 0. The first-order valence-corrected chi connectivity index (χ1v) is 9.65. The first-order chi connectivity index (χ1) is 13.0. The maximum Gasteiger partial charge on any atom is 0.323 e. The first-order valence-electron chi connectivity index (χ1n) is 8.84. The number of carbonyl (C=O) groups is 1. The minimum Gasteiger partial charge on any atom is -0.322 e. The van der Waals surface area contributed by atoms with E-state index in [1.54, 1.807) is 11.3 Å². The number of hydrogen-bond acceptors (Lipinski definition) is 7. The van der Waals surface area contributed by atoms with Crippen LogP contribution in [0, 0.1) is 6.92 Å². The minimum atomic E-state index is -0.139. The van der Waals surface area contributed by atoms with Crippen molar-refractivity contribution >= 4 is 34.1 Å². The number of fused-ring (bicyclic) bond motifs is 1. The maximum absolute atomic E-state index is 12.6. The van der Waals surface area contributed by atoms with Crippen molar-refractivity contribution < 1.29 is 4.79 Å². The van der Waals surface area contributed by atoms with E-state index < -0.39 is 0 Å². The summed E-state index contributed by atoms with van der Waals surface area (Å²) in [5.74, 6) is 0.449. The number of nitrogens with one attached hydrogen (secondary N) is 1. The molecule has 1 aliphatic rings. The monoisotopic (exact) mass is 383 g/mol. The lowest BCUT2D eigenvalue weighted by atomic mass is 10.1. The molecule has 1 aliphatic heterocycles. The number of nitrogens with zero attached hydrogens (tertiary/aromatic N) is 6. The SMILES string of the molecule is Cc1nnc(-c2ccc3nnc(NC(=O)N4CCN(C)[C@@H](C)C4)cc3c2)s1. The third-order valence-corrected chi connectivity index (χ3v) is 5.73. The van der Waals surface area contributed by atoms with Crippen LogP contribution in [0.25, 0.3) is 21.5 Å². The lowest BCUT2D eigenvalue weighted by Gasteiger charge is -2.37. The van der Waals surface area contributed by atoms with Gasteiger partial charge in [-0.2, -0.15) is 0 Å². The van der Waals surface area contributed by atoms with Crippen molar-refractivity contribution in [1.82, 2.24) is 30.2 Å². The number of aryl methyl sites for hydroxylation is 1. The Morgan fingerprint density at radius 3 is 2.78 bits per heavy atom. The van der Waals surface area contributed by atoms with Crippen LogP contribution in [-0.2, 0) is 0 Å². The normalized spacial score (nSPS) is 18.0. The highest BCUT2D eigenvalue weighted by atomic mass is 32.1. The summed E-state index contributed by atoms with van der Waals surface area (Å²) in [6, 6.07) is 7.90. The molecule has 9 heteroatoms. The van der Waals surface area contributed by atoms with Crippen LogP contribution in [-0.4, -0.2) is 68.9 Å². The topological polar surface area (TPSA) is 87.1 Å². The van der Waals surface area contributed by atoms with Gasteiger partial charge in [0.15, 0.2) is 5.82 Å². The molecule has 0 aliphatic carbocycles. The Labute approximate surface area is 161 Å². The van der Waals surface area contributed by atoms with Crippen molar-refractivity contribution in [3.8, 4) is 10.6 Å². The molecule has 8 nitrogen and oxygen atoms in total. The van der Waals surface area contributed by atoms with E-state index in [2.05, 4.69) is 44.6 Å². The van der Waals surface area contributed by atoms with Crippen molar-refractivity contribution in [1.29, 1.82) is 0 Å². The fraction of sp³-hybridized carbons (Fsp3) is 0.389. The van der Waals surface area contributed by atoms with Gasteiger partial charge < -0.3 is 9.80 Å². The summed E-state index contributed by atoms with van der Waals surface area (Å²) >= 11 is 1.54. The average Bonchev–Trinajstić information content (AvgIpc) is 3.09. The standard InChI is InChI=1S/C18H21N7OS/c1-11-10-25(7-6-24(11)3)18(26)19-16-9-14-8-13(4-5-15(14)21-22-16)17-23-20-12(2)27-17/h4-5,8-9,11H,6-7,10H2,1-3H3,(H,19,22,26)/t11-/m0/s1. The molecule has 2 aromatic heterocycles. The number of piperazine rings is 1. The molecule has 1 atom stereocenters. The lowest BCUT2D eigenvalue weighted by molar-refractivity contribution is 0.125. The molecule has 2 amide bonds. The zero-order valence-corrected chi connectivity index (χ0v) is 16.3. The highest BCUT2D eigenvalue weighted by molar-refractivity contribution is 7.14. The second kappa shape index (κ2) is 7.16. The van der Waals surface area contributed by atoms with Gasteiger partial charge >= 0.3 is 6.03 Å². The second-order valence-corrected chi connectivity index (χ2v) is 8.02. The Kier molecular flexibility index (Phi) is 4.71. The summed E-state index contributed by atoms with van der Waals surface area (Å²) in [5.41, 5.74) is 1.75. The van der Waals surface area contributed by atoms with Gasteiger partial charge in [-0.1, -0.05) is 11.3 Å². The molecule has 3 aromatic rings. The number of aromatic nitrogens is 4. The largest absolute Gasteiger partial charge is 0.323 e. The molecule has 1 N–H and O–H groups in total. The zero-order chi connectivity index (χ0) is 19.0. The van der Waals surface area contributed by atoms with E-state index in [0.717, 1.165) is 33.0 Å². The van der Waals surface area contributed by atoms with Crippen molar-refractivity contribution in [2.45, 2.75) is 19.9 Å². The highest BCUT2D eigenvalue weighted by Crippen LogP contribution is 2.26. The summed E-state index contributed by atoms with van der Waals surface area (Å²) < 4.78 is 0. The number of hydrogen-bond donors (Lipinski definition) is 1. The molecule has 27 heavy (non-hydrogen) atoms. The van der Waals surface area contributed by atoms with E-state index >= 15 is 0 Å². The number of likely N-dealkylation sites (N-methyl/N-ethyl adjacent to an activating group) is 1. The molecule has 0 unspecified atom stereocenters. The van der Waals surface area contributed by atoms with E-state index in [1.165, 1.54) is 0 Å². The van der Waals surface area contributed by atoms with Crippen LogP contribution < -0.4 is 5.32 Å². The van der Waals surface area contributed by atoms with Crippen LogP contribution in [0.15, 0.2) is 24.3 Å². The van der Waals surface area contributed by atoms with Crippen LogP contribution in [0.3, 0.4) is 0 Å². The Morgan fingerprint density at radius 1 is 1.19 bits per heavy atom. The lowest BCUT2D eigenvalue weighted by Crippen LogP contribution is -2.53. The van der Waals surface area contributed by atoms with Gasteiger partial charge in [-0.25, -0.2) is 4.79 Å². The number of benzene rings is 1. The van der Waals surface area contributed by atoms with Crippen molar-refractivity contribution in [2.75, 3.05) is 32.0 Å². The maximum atomic E-state index is 12.6. The number of urea groups is 1. The van der Waals surface area contributed by atoms with Gasteiger partial charge in [-0.3, -0.25) is 5.32 Å². The van der Waals surface area contributed by atoms with E-state index in [4.69, 9.17) is 0 Å². The Hall–Kier alpha value is -2.65. The van der Waals surface area contributed by atoms with Crippen LogP contribution in [0.4, 0.5) is 10.6 Å². The van der Waals surface area contributed by atoms with Crippen LogP contribution >= 0.6 is 11.3 Å². The number of anilines is 1. The smallest absolute Gasteiger partial charge is 0.322 e. The molecule has 0 saturated carbocycles. The molecular formula is C18H21N7OS. The van der Waals surface area contributed by atoms with E-state index in [9.17, 15) is 4.79 Å². The number of rotatable bonds is 2. The second-order valence-electron chi connectivity index (χ2n) is 6.84. The van der Waals surface area contributed by atoms with Gasteiger partial charge in [0, 0.05) is 36.6 Å². The van der Waals surface area contributed by atoms with Crippen molar-refractivity contribution in [3.63, 3.8) is 0 Å². The van der Waals surface area contributed by atoms with Crippen LogP contribution in [0.1, 0.15) is 11.9 Å². The highest BCUT2D eigenvalue weighted by Gasteiger charge is 2.24. The van der Waals surface area contributed by atoms with Gasteiger partial charge in [0.1, 0.15) is 10.0 Å². The Balaban J connectivity index is 1.54. The third-order valence-electron chi connectivity index (χ3n) is 4.84. The van der Waals surface area contributed by atoms with E-state index in [-0.39, 0.29) is 6.03 Å². The minimum absolute atomic E-state index is 0.139. The molecule has 4 rings (SSSR count). The first kappa shape index (κ1) is 17.7. The molecule has 1 fully saturated rings. The quantitative estimate of drug-likeness (QED) is 0.732. The van der Waals surface area contributed by atoms with Crippen LogP contribution in [0.5, 0.6) is 0 Å². The molecule has 3 heterocycles. The molecule has 1 aromatic carbocycles. The summed E-state index contributed by atoms with van der Waals surface area (Å²) in [4.78, 5) is 16.6. The number of amides is 2. The van der Waals surface area contributed by atoms with Crippen molar-refractivity contribution in [2.24, 2.45) is 0 Å². The predicted molar refractivity (Wildman–Crippen MR) is 106 cm³/mol. The van der Waals surface area contributed by atoms with Gasteiger partial charge in [-0.05, 0) is 45.2 Å². The average molecular weight is 383 g/mol. The Morgan fingerprint density at radius 2 is 2.04 bits per heavy atom. The molecule has 0 bridgehead atoms. The zero-order valence-electron chi connectivity index (χ0n) is 15.5. The van der Waals surface area contributed by atoms with Gasteiger partial charge in [-0.15, -0.1) is 20.4 Å². The summed E-state index contributed by atoms with van der Waals surface area (Å²) in [7, 11) is 2.08. The van der Waals surface area contributed by atoms with Gasteiger partial charge in [0.2, 0.25) is 0 Å². The summed E-state index contributed by atoms with van der Waals surface area (Å²) in [5, 5.41) is 22.2. The number of carbonyl (C=O) groups excluding carboxylic acids is 1. The third kappa shape index (κ3) is 3.74.